The molecule has 0 atom stereocenters. The molecule has 0 aliphatic heterocycles. The maximum atomic E-state index is 11.1. The lowest BCUT2D eigenvalue weighted by molar-refractivity contribution is 0.1000. The van der Waals surface area contributed by atoms with E-state index >= 15 is 0 Å². The van der Waals surface area contributed by atoms with Crippen molar-refractivity contribution in [1.29, 1.82) is 5.26 Å². The molecule has 7 heteroatoms. The number of amides is 1. The van der Waals surface area contributed by atoms with Crippen LogP contribution in [0.2, 0.25) is 0 Å². The van der Waals surface area contributed by atoms with E-state index in [1.165, 1.54) is 17.5 Å². The number of carbonyl (C=O) groups excluding carboxylic acids is 1. The fourth-order valence-corrected chi connectivity index (χ4v) is 2.98. The van der Waals surface area contributed by atoms with Gasteiger partial charge in [-0.2, -0.15) is 5.26 Å². The third kappa shape index (κ3) is 2.95. The number of nitrogens with zero attached hydrogens (tertiary/aromatic N) is 3. The zero-order valence-corrected chi connectivity index (χ0v) is 13.5. The fraction of sp³-hybridized carbons (Fsp3) is 0.0588. The van der Waals surface area contributed by atoms with Gasteiger partial charge in [0.1, 0.15) is 21.7 Å². The minimum absolute atomic E-state index is 0.325. The maximum Gasteiger partial charge on any atom is 0.250 e. The summed E-state index contributed by atoms with van der Waals surface area (Å²) in [6.07, 6.45) is 1.40. The maximum absolute atomic E-state index is 11.1. The zero-order valence-electron chi connectivity index (χ0n) is 12.7. The number of pyridine rings is 1. The van der Waals surface area contributed by atoms with E-state index in [-0.39, 0.29) is 0 Å². The van der Waals surface area contributed by atoms with Gasteiger partial charge in [0.15, 0.2) is 0 Å². The lowest BCUT2D eigenvalue weighted by Crippen LogP contribution is -2.10. The van der Waals surface area contributed by atoms with E-state index in [0.29, 0.717) is 26.8 Å². The molecule has 0 fully saturated rings. The summed E-state index contributed by atoms with van der Waals surface area (Å²) in [5.74, 6) is 0.196. The Balaban J connectivity index is 2.00. The van der Waals surface area contributed by atoms with Crippen molar-refractivity contribution >= 4 is 17.2 Å². The highest BCUT2D eigenvalue weighted by atomic mass is 32.1. The van der Waals surface area contributed by atoms with Gasteiger partial charge in [-0.3, -0.25) is 9.78 Å². The Bertz CT molecular complexity index is 925. The van der Waals surface area contributed by atoms with E-state index in [2.05, 4.69) is 16.0 Å². The Morgan fingerprint density at radius 2 is 2.00 bits per heavy atom. The van der Waals surface area contributed by atoms with Crippen molar-refractivity contribution in [2.75, 3.05) is 7.11 Å². The van der Waals surface area contributed by atoms with E-state index in [9.17, 15) is 10.1 Å². The van der Waals surface area contributed by atoms with Crippen LogP contribution in [0, 0.1) is 11.3 Å². The number of carbonyl (C=O) groups is 1. The van der Waals surface area contributed by atoms with Crippen LogP contribution in [0.25, 0.3) is 22.0 Å². The average Bonchev–Trinajstić information content (AvgIpc) is 3.06. The van der Waals surface area contributed by atoms with Gasteiger partial charge >= 0.3 is 0 Å². The van der Waals surface area contributed by atoms with E-state index in [4.69, 9.17) is 10.5 Å². The molecule has 3 rings (SSSR count). The SMILES string of the molecule is COc1ccc(-c2nc(-c3ccc(C(N)=O)cn3)sc2C#N)cc1. The van der Waals surface area contributed by atoms with E-state index in [1.807, 2.05) is 24.3 Å². The second-order valence-electron chi connectivity index (χ2n) is 4.83. The number of ether oxygens (including phenoxy) is 1. The summed E-state index contributed by atoms with van der Waals surface area (Å²) in [5, 5.41) is 9.98. The molecule has 2 heterocycles. The van der Waals surface area contributed by atoms with Crippen LogP contribution < -0.4 is 10.5 Å². The van der Waals surface area contributed by atoms with Gasteiger partial charge in [0, 0.05) is 11.8 Å². The molecule has 6 nitrogen and oxygen atoms in total. The predicted molar refractivity (Wildman–Crippen MR) is 90.6 cm³/mol. The average molecular weight is 336 g/mol. The van der Waals surface area contributed by atoms with Gasteiger partial charge in [0.05, 0.1) is 24.1 Å². The molecule has 2 aromatic heterocycles. The molecule has 0 saturated heterocycles. The number of aromatic nitrogens is 2. The van der Waals surface area contributed by atoms with Crippen molar-refractivity contribution in [3.05, 3.63) is 53.0 Å². The lowest BCUT2D eigenvalue weighted by Gasteiger charge is -2.01. The summed E-state index contributed by atoms with van der Waals surface area (Å²) in [4.78, 5) is 20.3. The predicted octanol–water partition coefficient (Wildman–Crippen LogP) is 2.85. The van der Waals surface area contributed by atoms with Crippen LogP contribution in [0.15, 0.2) is 42.6 Å². The molecular formula is C17H12N4O2S. The van der Waals surface area contributed by atoms with E-state index in [1.54, 1.807) is 19.2 Å². The molecule has 0 radical (unpaired) electrons. The molecule has 1 aromatic carbocycles. The van der Waals surface area contributed by atoms with Crippen LogP contribution in [-0.4, -0.2) is 23.0 Å². The first-order valence-corrected chi connectivity index (χ1v) is 7.75. The number of methoxy groups -OCH3 is 1. The topological polar surface area (TPSA) is 102 Å². The minimum atomic E-state index is -0.537. The van der Waals surface area contributed by atoms with E-state index < -0.39 is 5.91 Å². The molecular weight excluding hydrogens is 324 g/mol. The van der Waals surface area contributed by atoms with Crippen LogP contribution in [0.1, 0.15) is 15.2 Å². The molecule has 24 heavy (non-hydrogen) atoms. The van der Waals surface area contributed by atoms with Crippen molar-refractivity contribution in [3.63, 3.8) is 0 Å². The molecule has 0 saturated carbocycles. The smallest absolute Gasteiger partial charge is 0.250 e. The van der Waals surface area contributed by atoms with Crippen molar-refractivity contribution in [2.24, 2.45) is 5.73 Å². The summed E-state index contributed by atoms with van der Waals surface area (Å²) in [5.41, 5.74) is 7.54. The summed E-state index contributed by atoms with van der Waals surface area (Å²) >= 11 is 1.25. The first kappa shape index (κ1) is 15.6. The van der Waals surface area contributed by atoms with Crippen LogP contribution >= 0.6 is 11.3 Å². The Labute approximate surface area is 142 Å². The van der Waals surface area contributed by atoms with E-state index in [0.717, 1.165) is 11.3 Å². The number of hydrogen-bond acceptors (Lipinski definition) is 6. The number of rotatable bonds is 4. The molecule has 118 valence electrons. The lowest BCUT2D eigenvalue weighted by atomic mass is 10.1. The molecule has 0 aliphatic rings. The van der Waals surface area contributed by atoms with Gasteiger partial charge in [-0.05, 0) is 36.4 Å². The van der Waals surface area contributed by atoms with Crippen LogP contribution in [-0.2, 0) is 0 Å². The summed E-state index contributed by atoms with van der Waals surface area (Å²) < 4.78 is 5.14. The van der Waals surface area contributed by atoms with Crippen LogP contribution in [0.5, 0.6) is 5.75 Å². The monoisotopic (exact) mass is 336 g/mol. The molecule has 0 spiro atoms. The number of nitrogens with two attached hydrogens (primary N) is 1. The second-order valence-corrected chi connectivity index (χ2v) is 5.83. The first-order chi connectivity index (χ1) is 11.6. The summed E-state index contributed by atoms with van der Waals surface area (Å²) in [6.45, 7) is 0. The van der Waals surface area contributed by atoms with Crippen LogP contribution in [0.4, 0.5) is 0 Å². The Morgan fingerprint density at radius 3 is 2.54 bits per heavy atom. The Morgan fingerprint density at radius 1 is 1.25 bits per heavy atom. The van der Waals surface area contributed by atoms with Gasteiger partial charge < -0.3 is 10.5 Å². The van der Waals surface area contributed by atoms with Crippen molar-refractivity contribution in [2.45, 2.75) is 0 Å². The second kappa shape index (κ2) is 6.48. The molecule has 3 aromatic rings. The zero-order chi connectivity index (χ0) is 17.1. The molecule has 0 aliphatic carbocycles. The summed E-state index contributed by atoms with van der Waals surface area (Å²) in [6, 6.07) is 12.7. The number of nitriles is 1. The molecule has 0 unspecified atom stereocenters. The van der Waals surface area contributed by atoms with Gasteiger partial charge in [-0.25, -0.2) is 4.98 Å². The highest BCUT2D eigenvalue weighted by molar-refractivity contribution is 7.16. The van der Waals surface area contributed by atoms with Gasteiger partial charge in [-0.15, -0.1) is 11.3 Å². The quantitative estimate of drug-likeness (QED) is 0.789. The van der Waals surface area contributed by atoms with Crippen molar-refractivity contribution in [3.8, 4) is 33.8 Å². The number of hydrogen-bond donors (Lipinski definition) is 1. The highest BCUT2D eigenvalue weighted by Crippen LogP contribution is 2.33. The van der Waals surface area contributed by atoms with Crippen molar-refractivity contribution < 1.29 is 9.53 Å². The normalized spacial score (nSPS) is 10.2. The third-order valence-electron chi connectivity index (χ3n) is 3.36. The van der Waals surface area contributed by atoms with Gasteiger partial charge in [0.25, 0.3) is 0 Å². The Hall–Kier alpha value is -3.24. The largest absolute Gasteiger partial charge is 0.497 e. The molecule has 0 bridgehead atoms. The molecule has 2 N–H and O–H groups in total. The molecule has 1 amide bonds. The Kier molecular flexibility index (Phi) is 4.22. The highest BCUT2D eigenvalue weighted by Gasteiger charge is 2.15. The van der Waals surface area contributed by atoms with Crippen LogP contribution in [0.3, 0.4) is 0 Å². The first-order valence-electron chi connectivity index (χ1n) is 6.94. The standard InChI is InChI=1S/C17H12N4O2S/c1-23-12-5-2-10(3-6-12)15-14(8-18)24-17(21-15)13-7-4-11(9-20-13)16(19)22/h2-7,9H,1H3,(H2,19,22). The fourth-order valence-electron chi connectivity index (χ4n) is 2.12. The number of primary amides is 1. The minimum Gasteiger partial charge on any atom is -0.497 e. The van der Waals surface area contributed by atoms with Crippen molar-refractivity contribution in [1.82, 2.24) is 9.97 Å². The number of benzene rings is 1. The van der Waals surface area contributed by atoms with Gasteiger partial charge in [-0.1, -0.05) is 0 Å². The van der Waals surface area contributed by atoms with Gasteiger partial charge in [0.2, 0.25) is 5.91 Å². The summed E-state index contributed by atoms with van der Waals surface area (Å²) in [7, 11) is 1.60. The third-order valence-corrected chi connectivity index (χ3v) is 4.34. The number of thiazole rings is 1.